The molecule has 2 aromatic rings. The van der Waals surface area contributed by atoms with Crippen LogP contribution in [0.25, 0.3) is 11.1 Å². The molecule has 0 unspecified atom stereocenters. The van der Waals surface area contributed by atoms with Gasteiger partial charge in [0.05, 0.1) is 0 Å². The first-order chi connectivity index (χ1) is 7.72. The number of benzene rings is 2. The van der Waals surface area contributed by atoms with E-state index in [1.54, 1.807) is 0 Å². The highest BCUT2D eigenvalue weighted by atomic mass is 35.5. The van der Waals surface area contributed by atoms with Gasteiger partial charge in [0.15, 0.2) is 0 Å². The molecule has 82 valence electrons. The molecule has 0 aliphatic carbocycles. The zero-order chi connectivity index (χ0) is 11.5. The number of hydrogen-bond donors (Lipinski definition) is 1. The van der Waals surface area contributed by atoms with Gasteiger partial charge < -0.3 is 5.73 Å². The van der Waals surface area contributed by atoms with Crippen LogP contribution in [0.3, 0.4) is 0 Å². The van der Waals surface area contributed by atoms with E-state index in [4.69, 9.17) is 17.3 Å². The van der Waals surface area contributed by atoms with Crippen molar-refractivity contribution >= 4 is 11.6 Å². The van der Waals surface area contributed by atoms with Gasteiger partial charge >= 0.3 is 0 Å². The van der Waals surface area contributed by atoms with Gasteiger partial charge in [-0.1, -0.05) is 41.9 Å². The van der Waals surface area contributed by atoms with Crippen molar-refractivity contribution in [3.8, 4) is 11.1 Å². The average molecular weight is 232 g/mol. The lowest BCUT2D eigenvalue weighted by Crippen LogP contribution is -1.96. The summed E-state index contributed by atoms with van der Waals surface area (Å²) in [7, 11) is 0. The molecule has 2 aromatic carbocycles. The van der Waals surface area contributed by atoms with Crippen LogP contribution < -0.4 is 5.73 Å². The standard InChI is InChI=1S/C14H14ClN/c1-10-4-2-3-5-12(10)13-8-11(9-16)6-7-14(13)15/h2-8H,9,16H2,1H3. The molecule has 2 N–H and O–H groups in total. The molecule has 0 atom stereocenters. The molecular weight excluding hydrogens is 218 g/mol. The Bertz CT molecular complexity index is 506. The van der Waals surface area contributed by atoms with Crippen molar-refractivity contribution in [2.24, 2.45) is 5.73 Å². The molecule has 0 bridgehead atoms. The SMILES string of the molecule is Cc1ccccc1-c1cc(CN)ccc1Cl. The molecule has 0 heterocycles. The maximum atomic E-state index is 6.22. The second-order valence-electron chi connectivity index (χ2n) is 3.83. The van der Waals surface area contributed by atoms with Crippen molar-refractivity contribution in [3.05, 3.63) is 58.6 Å². The lowest BCUT2D eigenvalue weighted by atomic mass is 9.99. The molecule has 16 heavy (non-hydrogen) atoms. The van der Waals surface area contributed by atoms with Gasteiger partial charge in [0.25, 0.3) is 0 Å². The van der Waals surface area contributed by atoms with E-state index in [9.17, 15) is 0 Å². The summed E-state index contributed by atoms with van der Waals surface area (Å²) in [6.07, 6.45) is 0. The number of rotatable bonds is 2. The van der Waals surface area contributed by atoms with E-state index in [0.29, 0.717) is 6.54 Å². The first-order valence-electron chi connectivity index (χ1n) is 5.27. The fourth-order valence-corrected chi connectivity index (χ4v) is 2.00. The molecule has 0 fully saturated rings. The first kappa shape index (κ1) is 11.2. The zero-order valence-electron chi connectivity index (χ0n) is 9.20. The van der Waals surface area contributed by atoms with Crippen LogP contribution in [-0.2, 0) is 6.54 Å². The highest BCUT2D eigenvalue weighted by Gasteiger charge is 2.06. The summed E-state index contributed by atoms with van der Waals surface area (Å²) in [6, 6.07) is 14.1. The summed E-state index contributed by atoms with van der Waals surface area (Å²) in [6.45, 7) is 2.62. The number of halogens is 1. The molecule has 0 saturated carbocycles. The third-order valence-electron chi connectivity index (χ3n) is 2.70. The van der Waals surface area contributed by atoms with E-state index in [0.717, 1.165) is 16.1 Å². The molecule has 0 aliphatic heterocycles. The third-order valence-corrected chi connectivity index (χ3v) is 3.03. The Labute approximate surface area is 101 Å². The second kappa shape index (κ2) is 4.69. The van der Waals surface area contributed by atoms with Gasteiger partial charge in [-0.3, -0.25) is 0 Å². The van der Waals surface area contributed by atoms with Crippen molar-refractivity contribution in [1.29, 1.82) is 0 Å². The van der Waals surface area contributed by atoms with Crippen molar-refractivity contribution in [3.63, 3.8) is 0 Å². The Morgan fingerprint density at radius 2 is 1.81 bits per heavy atom. The maximum Gasteiger partial charge on any atom is 0.0484 e. The predicted molar refractivity (Wildman–Crippen MR) is 69.5 cm³/mol. The lowest BCUT2D eigenvalue weighted by Gasteiger charge is -2.09. The van der Waals surface area contributed by atoms with Crippen LogP contribution in [0.2, 0.25) is 5.02 Å². The fraction of sp³-hybridized carbons (Fsp3) is 0.143. The molecule has 2 heteroatoms. The normalized spacial score (nSPS) is 10.4. The minimum atomic E-state index is 0.538. The van der Waals surface area contributed by atoms with E-state index in [1.165, 1.54) is 11.1 Å². The van der Waals surface area contributed by atoms with Gasteiger partial charge in [0.2, 0.25) is 0 Å². The zero-order valence-corrected chi connectivity index (χ0v) is 9.96. The monoisotopic (exact) mass is 231 g/mol. The summed E-state index contributed by atoms with van der Waals surface area (Å²) < 4.78 is 0. The largest absolute Gasteiger partial charge is 0.326 e. The van der Waals surface area contributed by atoms with Crippen LogP contribution in [0.1, 0.15) is 11.1 Å². The molecular formula is C14H14ClN. The van der Waals surface area contributed by atoms with Gasteiger partial charge in [-0.25, -0.2) is 0 Å². The predicted octanol–water partition coefficient (Wildman–Crippen LogP) is 3.77. The Balaban J connectivity index is 2.59. The van der Waals surface area contributed by atoms with E-state index in [-0.39, 0.29) is 0 Å². The molecule has 0 saturated heterocycles. The second-order valence-corrected chi connectivity index (χ2v) is 4.24. The van der Waals surface area contributed by atoms with Crippen molar-refractivity contribution in [2.45, 2.75) is 13.5 Å². The minimum absolute atomic E-state index is 0.538. The Morgan fingerprint density at radius 3 is 2.50 bits per heavy atom. The smallest absolute Gasteiger partial charge is 0.0484 e. The number of aryl methyl sites for hydroxylation is 1. The number of hydrogen-bond acceptors (Lipinski definition) is 1. The van der Waals surface area contributed by atoms with E-state index in [1.807, 2.05) is 24.3 Å². The van der Waals surface area contributed by atoms with Crippen molar-refractivity contribution in [1.82, 2.24) is 0 Å². The van der Waals surface area contributed by atoms with Crippen LogP contribution in [0.15, 0.2) is 42.5 Å². The van der Waals surface area contributed by atoms with E-state index < -0.39 is 0 Å². The van der Waals surface area contributed by atoms with Crippen LogP contribution in [-0.4, -0.2) is 0 Å². The quantitative estimate of drug-likeness (QED) is 0.837. The van der Waals surface area contributed by atoms with Gasteiger partial charge in [-0.2, -0.15) is 0 Å². The van der Waals surface area contributed by atoms with Crippen LogP contribution in [0.4, 0.5) is 0 Å². The summed E-state index contributed by atoms with van der Waals surface area (Å²) in [5.74, 6) is 0. The summed E-state index contributed by atoms with van der Waals surface area (Å²) in [5, 5.41) is 0.770. The van der Waals surface area contributed by atoms with E-state index >= 15 is 0 Å². The summed E-state index contributed by atoms with van der Waals surface area (Å²) in [4.78, 5) is 0. The molecule has 0 spiro atoms. The average Bonchev–Trinajstić information content (AvgIpc) is 2.31. The molecule has 0 amide bonds. The summed E-state index contributed by atoms with van der Waals surface area (Å²) >= 11 is 6.22. The Hall–Kier alpha value is -1.31. The van der Waals surface area contributed by atoms with E-state index in [2.05, 4.69) is 25.1 Å². The lowest BCUT2D eigenvalue weighted by molar-refractivity contribution is 1.07. The third kappa shape index (κ3) is 2.11. The fourth-order valence-electron chi connectivity index (χ4n) is 1.78. The van der Waals surface area contributed by atoms with Crippen LogP contribution in [0.5, 0.6) is 0 Å². The Kier molecular flexibility index (Phi) is 3.28. The van der Waals surface area contributed by atoms with Crippen LogP contribution >= 0.6 is 11.6 Å². The number of nitrogens with two attached hydrogens (primary N) is 1. The van der Waals surface area contributed by atoms with Crippen molar-refractivity contribution in [2.75, 3.05) is 0 Å². The topological polar surface area (TPSA) is 26.0 Å². The Morgan fingerprint density at radius 1 is 1.06 bits per heavy atom. The van der Waals surface area contributed by atoms with Gasteiger partial charge in [-0.15, -0.1) is 0 Å². The highest BCUT2D eigenvalue weighted by Crippen LogP contribution is 2.30. The molecule has 0 radical (unpaired) electrons. The maximum absolute atomic E-state index is 6.22. The molecule has 0 aromatic heterocycles. The van der Waals surface area contributed by atoms with Crippen LogP contribution in [0, 0.1) is 6.92 Å². The van der Waals surface area contributed by atoms with Gasteiger partial charge in [0.1, 0.15) is 0 Å². The first-order valence-corrected chi connectivity index (χ1v) is 5.64. The minimum Gasteiger partial charge on any atom is -0.326 e. The molecule has 1 nitrogen and oxygen atoms in total. The molecule has 2 rings (SSSR count). The summed E-state index contributed by atoms with van der Waals surface area (Å²) in [5.41, 5.74) is 10.2. The molecule has 0 aliphatic rings. The van der Waals surface area contributed by atoms with Crippen molar-refractivity contribution < 1.29 is 0 Å². The highest BCUT2D eigenvalue weighted by molar-refractivity contribution is 6.33. The van der Waals surface area contributed by atoms with Gasteiger partial charge in [-0.05, 0) is 35.7 Å². The van der Waals surface area contributed by atoms with Gasteiger partial charge in [0, 0.05) is 17.1 Å².